The summed E-state index contributed by atoms with van der Waals surface area (Å²) in [6.07, 6.45) is 5.07. The normalized spacial score (nSPS) is 14.0. The van der Waals surface area contributed by atoms with Crippen molar-refractivity contribution >= 4 is 17.5 Å². The molecule has 1 fully saturated rings. The van der Waals surface area contributed by atoms with Crippen molar-refractivity contribution in [2.75, 3.05) is 36.4 Å². The first-order valence-corrected chi connectivity index (χ1v) is 10.5. The van der Waals surface area contributed by atoms with Gasteiger partial charge in [0, 0.05) is 31.9 Å². The predicted molar refractivity (Wildman–Crippen MR) is 118 cm³/mol. The van der Waals surface area contributed by atoms with E-state index in [1.54, 1.807) is 6.26 Å². The molecule has 0 spiro atoms. The summed E-state index contributed by atoms with van der Waals surface area (Å²) in [5.74, 6) is 1.52. The van der Waals surface area contributed by atoms with E-state index in [2.05, 4.69) is 39.5 Å². The van der Waals surface area contributed by atoms with E-state index in [0.29, 0.717) is 24.5 Å². The van der Waals surface area contributed by atoms with Crippen molar-refractivity contribution in [2.24, 2.45) is 0 Å². The van der Waals surface area contributed by atoms with Crippen LogP contribution in [0.3, 0.4) is 0 Å². The molecule has 1 N–H and O–H groups in total. The van der Waals surface area contributed by atoms with Gasteiger partial charge in [0.25, 0.3) is 0 Å². The van der Waals surface area contributed by atoms with E-state index in [9.17, 15) is 4.79 Å². The smallest absolute Gasteiger partial charge is 0.321 e. The molecular formula is C23H27N5O2. The fraction of sp³-hybridized carbons (Fsp3) is 0.348. The van der Waals surface area contributed by atoms with Gasteiger partial charge in [0.05, 0.1) is 6.26 Å². The number of carbonyl (C=O) groups is 1. The fourth-order valence-corrected chi connectivity index (χ4v) is 3.53. The van der Waals surface area contributed by atoms with Crippen LogP contribution in [0.1, 0.15) is 25.3 Å². The van der Waals surface area contributed by atoms with Crippen LogP contribution >= 0.6 is 0 Å². The Morgan fingerprint density at radius 2 is 1.83 bits per heavy atom. The number of aryl methyl sites for hydroxylation is 1. The van der Waals surface area contributed by atoms with Gasteiger partial charge >= 0.3 is 6.03 Å². The summed E-state index contributed by atoms with van der Waals surface area (Å²) in [5, 5.41) is 11.6. The number of nitrogens with one attached hydrogen (secondary N) is 1. The van der Waals surface area contributed by atoms with Gasteiger partial charge in [0.2, 0.25) is 0 Å². The Hall–Kier alpha value is -3.35. The van der Waals surface area contributed by atoms with E-state index >= 15 is 0 Å². The number of rotatable bonds is 6. The van der Waals surface area contributed by atoms with Gasteiger partial charge in [-0.15, -0.1) is 10.2 Å². The Balaban J connectivity index is 1.28. The lowest BCUT2D eigenvalue weighted by Gasteiger charge is -2.35. The molecule has 1 aliphatic heterocycles. The highest BCUT2D eigenvalue weighted by molar-refractivity contribution is 5.89. The zero-order valence-electron chi connectivity index (χ0n) is 17.3. The maximum Gasteiger partial charge on any atom is 0.321 e. The van der Waals surface area contributed by atoms with Crippen molar-refractivity contribution in [2.45, 2.75) is 26.2 Å². The van der Waals surface area contributed by atoms with Crippen LogP contribution in [0.4, 0.5) is 16.3 Å². The average Bonchev–Trinajstić information content (AvgIpc) is 3.34. The van der Waals surface area contributed by atoms with Gasteiger partial charge in [-0.3, -0.25) is 0 Å². The van der Waals surface area contributed by atoms with E-state index in [0.717, 1.165) is 31.0 Å². The van der Waals surface area contributed by atoms with Crippen LogP contribution in [-0.2, 0) is 6.42 Å². The molecule has 1 saturated heterocycles. The first kappa shape index (κ1) is 19.9. The second kappa shape index (κ2) is 9.43. The van der Waals surface area contributed by atoms with Gasteiger partial charge in [-0.1, -0.05) is 25.5 Å². The molecule has 0 unspecified atom stereocenters. The third-order valence-electron chi connectivity index (χ3n) is 5.34. The average molecular weight is 406 g/mol. The number of amides is 2. The zero-order chi connectivity index (χ0) is 20.8. The molecule has 30 heavy (non-hydrogen) atoms. The summed E-state index contributed by atoms with van der Waals surface area (Å²) in [6.45, 7) is 4.91. The number of nitrogens with zero attached hydrogens (tertiary/aromatic N) is 4. The number of hydrogen-bond acceptors (Lipinski definition) is 5. The molecule has 0 atom stereocenters. The number of carbonyl (C=O) groups excluding carboxylic acids is 1. The maximum atomic E-state index is 12.6. The largest absolute Gasteiger partial charge is 0.463 e. The molecule has 2 aromatic heterocycles. The second-order valence-corrected chi connectivity index (χ2v) is 7.46. The number of hydrogen-bond donors (Lipinski definition) is 1. The maximum absolute atomic E-state index is 12.6. The molecule has 0 aliphatic carbocycles. The highest BCUT2D eigenvalue weighted by Crippen LogP contribution is 2.20. The van der Waals surface area contributed by atoms with Crippen LogP contribution in [0, 0.1) is 0 Å². The standard InChI is InChI=1S/C23H27N5O2/c1-2-3-5-18-7-9-19(10-8-18)24-23(29)28-15-13-27(14-16-28)22-12-11-20(25-26-22)21-6-4-17-30-21/h4,6-12,17H,2-3,5,13-16H2,1H3,(H,24,29). The van der Waals surface area contributed by atoms with E-state index in [4.69, 9.17) is 4.42 Å². The van der Waals surface area contributed by atoms with E-state index < -0.39 is 0 Å². The number of furan rings is 1. The quantitative estimate of drug-likeness (QED) is 0.656. The third kappa shape index (κ3) is 4.79. The van der Waals surface area contributed by atoms with Crippen LogP contribution in [0.2, 0.25) is 0 Å². The molecule has 7 heteroatoms. The van der Waals surface area contributed by atoms with Crippen LogP contribution in [0.5, 0.6) is 0 Å². The second-order valence-electron chi connectivity index (χ2n) is 7.46. The zero-order valence-corrected chi connectivity index (χ0v) is 17.3. The molecule has 2 amide bonds. The van der Waals surface area contributed by atoms with Crippen LogP contribution in [0.25, 0.3) is 11.5 Å². The van der Waals surface area contributed by atoms with E-state index in [1.807, 2.05) is 41.3 Å². The minimum atomic E-state index is -0.0600. The number of unbranched alkanes of at least 4 members (excludes halogenated alkanes) is 1. The molecule has 3 heterocycles. The monoisotopic (exact) mass is 405 g/mol. The third-order valence-corrected chi connectivity index (χ3v) is 5.34. The summed E-state index contributed by atoms with van der Waals surface area (Å²) >= 11 is 0. The van der Waals surface area contributed by atoms with Crippen LogP contribution < -0.4 is 10.2 Å². The minimum Gasteiger partial charge on any atom is -0.463 e. The Morgan fingerprint density at radius 1 is 1.03 bits per heavy atom. The molecule has 0 bridgehead atoms. The SMILES string of the molecule is CCCCc1ccc(NC(=O)N2CCN(c3ccc(-c4ccco4)nn3)CC2)cc1. The molecule has 1 aliphatic rings. The summed E-state index contributed by atoms with van der Waals surface area (Å²) < 4.78 is 5.35. The molecule has 0 saturated carbocycles. The lowest BCUT2D eigenvalue weighted by atomic mass is 10.1. The first-order valence-electron chi connectivity index (χ1n) is 10.5. The summed E-state index contributed by atoms with van der Waals surface area (Å²) in [4.78, 5) is 16.6. The molecule has 1 aromatic carbocycles. The predicted octanol–water partition coefficient (Wildman–Crippen LogP) is 4.43. The molecular weight excluding hydrogens is 378 g/mol. The Labute approximate surface area is 176 Å². The first-order chi connectivity index (χ1) is 14.7. The number of aromatic nitrogens is 2. The van der Waals surface area contributed by atoms with Crippen molar-refractivity contribution in [1.29, 1.82) is 0 Å². The van der Waals surface area contributed by atoms with Gasteiger partial charge in [0.15, 0.2) is 11.6 Å². The lowest BCUT2D eigenvalue weighted by molar-refractivity contribution is 0.208. The van der Waals surface area contributed by atoms with Crippen molar-refractivity contribution in [3.05, 3.63) is 60.4 Å². The van der Waals surface area contributed by atoms with Gasteiger partial charge in [-0.25, -0.2) is 4.79 Å². The summed E-state index contributed by atoms with van der Waals surface area (Å²) in [6, 6.07) is 15.6. The minimum absolute atomic E-state index is 0.0600. The van der Waals surface area contributed by atoms with Crippen LogP contribution in [0.15, 0.2) is 59.2 Å². The number of benzene rings is 1. The van der Waals surface area contributed by atoms with Crippen molar-refractivity contribution in [3.8, 4) is 11.5 Å². The van der Waals surface area contributed by atoms with Gasteiger partial charge in [0.1, 0.15) is 5.69 Å². The molecule has 3 aromatic rings. The Kier molecular flexibility index (Phi) is 6.27. The Morgan fingerprint density at radius 3 is 2.47 bits per heavy atom. The van der Waals surface area contributed by atoms with Crippen molar-refractivity contribution < 1.29 is 9.21 Å². The summed E-state index contributed by atoms with van der Waals surface area (Å²) in [5.41, 5.74) is 2.85. The molecule has 4 rings (SSSR count). The van der Waals surface area contributed by atoms with E-state index in [1.165, 1.54) is 18.4 Å². The molecule has 0 radical (unpaired) electrons. The van der Waals surface area contributed by atoms with Crippen LogP contribution in [-0.4, -0.2) is 47.3 Å². The Bertz CT molecular complexity index is 931. The number of piperazine rings is 1. The van der Waals surface area contributed by atoms with Gasteiger partial charge in [-0.2, -0.15) is 0 Å². The molecule has 7 nitrogen and oxygen atoms in total. The van der Waals surface area contributed by atoms with Crippen molar-refractivity contribution in [1.82, 2.24) is 15.1 Å². The lowest BCUT2D eigenvalue weighted by Crippen LogP contribution is -2.50. The number of anilines is 2. The van der Waals surface area contributed by atoms with E-state index in [-0.39, 0.29) is 6.03 Å². The van der Waals surface area contributed by atoms with Gasteiger partial charge < -0.3 is 19.5 Å². The topological polar surface area (TPSA) is 74.5 Å². The summed E-state index contributed by atoms with van der Waals surface area (Å²) in [7, 11) is 0. The highest BCUT2D eigenvalue weighted by Gasteiger charge is 2.22. The highest BCUT2D eigenvalue weighted by atomic mass is 16.3. The van der Waals surface area contributed by atoms with Crippen molar-refractivity contribution in [3.63, 3.8) is 0 Å². The number of urea groups is 1. The van der Waals surface area contributed by atoms with Gasteiger partial charge in [-0.05, 0) is 54.8 Å². The molecule has 156 valence electrons. The fourth-order valence-electron chi connectivity index (χ4n) is 3.53.